The average Bonchev–Trinajstić information content (AvgIpc) is 2.50. The van der Waals surface area contributed by atoms with Crippen molar-refractivity contribution >= 4 is 0 Å². The Morgan fingerprint density at radius 1 is 1.47 bits per heavy atom. The lowest BCUT2D eigenvalue weighted by atomic mass is 9.83. The first-order valence-corrected chi connectivity index (χ1v) is 5.43. The van der Waals surface area contributed by atoms with Crippen LogP contribution in [0.4, 0.5) is 0 Å². The number of hydrogen-bond acceptors (Lipinski definition) is 2. The molecule has 0 aromatic heterocycles. The van der Waals surface area contributed by atoms with E-state index in [2.05, 4.69) is 12.1 Å². The van der Waals surface area contributed by atoms with Crippen molar-refractivity contribution in [1.29, 1.82) is 5.26 Å². The maximum absolute atomic E-state index is 9.14. The van der Waals surface area contributed by atoms with E-state index < -0.39 is 0 Å². The Hall–Kier alpha value is -1.33. The number of allylic oxidation sites excluding steroid dienone is 6. The lowest BCUT2D eigenvalue weighted by Crippen LogP contribution is -2.13. The molecule has 0 aliphatic heterocycles. The van der Waals surface area contributed by atoms with Gasteiger partial charge in [-0.05, 0) is 43.3 Å². The summed E-state index contributed by atoms with van der Waals surface area (Å²) in [6, 6.07) is 2.18. The van der Waals surface area contributed by atoms with Crippen LogP contribution in [0.25, 0.3) is 0 Å². The van der Waals surface area contributed by atoms with Gasteiger partial charge in [-0.2, -0.15) is 5.26 Å². The van der Waals surface area contributed by atoms with E-state index in [1.54, 1.807) is 0 Å². The highest BCUT2D eigenvalue weighted by Gasteiger charge is 2.19. The van der Waals surface area contributed by atoms with Gasteiger partial charge >= 0.3 is 0 Å². The molecule has 0 bridgehead atoms. The number of nitriles is 1. The third kappa shape index (κ3) is 2.19. The number of rotatable bonds is 1. The van der Waals surface area contributed by atoms with E-state index in [-0.39, 0.29) is 6.61 Å². The van der Waals surface area contributed by atoms with Gasteiger partial charge in [0.15, 0.2) is 0 Å². The van der Waals surface area contributed by atoms with Gasteiger partial charge in [0.1, 0.15) is 0 Å². The minimum Gasteiger partial charge on any atom is -0.396 e. The predicted molar refractivity (Wildman–Crippen MR) is 58.9 cm³/mol. The van der Waals surface area contributed by atoms with Crippen molar-refractivity contribution in [1.82, 2.24) is 0 Å². The van der Waals surface area contributed by atoms with Gasteiger partial charge in [-0.15, -0.1) is 0 Å². The van der Waals surface area contributed by atoms with Gasteiger partial charge < -0.3 is 5.11 Å². The molecule has 0 saturated heterocycles. The van der Waals surface area contributed by atoms with Crippen molar-refractivity contribution in [3.63, 3.8) is 0 Å². The second-order valence-corrected chi connectivity index (χ2v) is 4.23. The molecular formula is C13H15NO. The van der Waals surface area contributed by atoms with Crippen LogP contribution in [0.15, 0.2) is 34.9 Å². The van der Waals surface area contributed by atoms with Crippen LogP contribution in [0.1, 0.15) is 25.7 Å². The van der Waals surface area contributed by atoms with Crippen LogP contribution in [0.2, 0.25) is 0 Å². The molecule has 0 amide bonds. The van der Waals surface area contributed by atoms with Crippen LogP contribution >= 0.6 is 0 Å². The fourth-order valence-corrected chi connectivity index (χ4v) is 2.26. The van der Waals surface area contributed by atoms with Crippen LogP contribution in [0, 0.1) is 17.2 Å². The monoisotopic (exact) mass is 201 g/mol. The Kier molecular flexibility index (Phi) is 3.03. The van der Waals surface area contributed by atoms with Gasteiger partial charge in [0.25, 0.3) is 0 Å². The summed E-state index contributed by atoms with van der Waals surface area (Å²) in [5, 5.41) is 18.0. The molecule has 0 heterocycles. The summed E-state index contributed by atoms with van der Waals surface area (Å²) < 4.78 is 0. The second-order valence-electron chi connectivity index (χ2n) is 4.23. The Labute approximate surface area is 90.2 Å². The molecule has 1 atom stereocenters. The van der Waals surface area contributed by atoms with Crippen LogP contribution < -0.4 is 0 Å². The molecule has 2 heteroatoms. The maximum Gasteiger partial charge on any atom is 0.0988 e. The summed E-state index contributed by atoms with van der Waals surface area (Å²) in [6.07, 6.45) is 9.95. The normalized spacial score (nSPS) is 25.3. The maximum atomic E-state index is 9.14. The minimum absolute atomic E-state index is 0.287. The summed E-state index contributed by atoms with van der Waals surface area (Å²) in [5.74, 6) is 0.425. The zero-order valence-electron chi connectivity index (χ0n) is 8.74. The molecule has 0 saturated carbocycles. The zero-order valence-corrected chi connectivity index (χ0v) is 8.74. The SMILES string of the molecule is N#CC1=CCC2=C(C=C1)CCC(CO)C2. The first-order chi connectivity index (χ1) is 7.33. The molecule has 0 radical (unpaired) electrons. The van der Waals surface area contributed by atoms with Crippen molar-refractivity contribution in [3.8, 4) is 6.07 Å². The van der Waals surface area contributed by atoms with Crippen molar-refractivity contribution in [3.05, 3.63) is 34.9 Å². The third-order valence-electron chi connectivity index (χ3n) is 3.23. The molecule has 0 fully saturated rings. The molecule has 0 aromatic carbocycles. The Morgan fingerprint density at radius 2 is 2.33 bits per heavy atom. The predicted octanol–water partition coefficient (Wildman–Crippen LogP) is 2.49. The Bertz CT molecular complexity index is 382. The van der Waals surface area contributed by atoms with Gasteiger partial charge in [0, 0.05) is 12.2 Å². The Balaban J connectivity index is 2.18. The third-order valence-corrected chi connectivity index (χ3v) is 3.23. The molecule has 2 rings (SSSR count). The van der Waals surface area contributed by atoms with Crippen LogP contribution in [0.5, 0.6) is 0 Å². The number of nitrogens with zero attached hydrogens (tertiary/aromatic N) is 1. The Morgan fingerprint density at radius 3 is 3.07 bits per heavy atom. The summed E-state index contributed by atoms with van der Waals surface area (Å²) in [4.78, 5) is 0. The van der Waals surface area contributed by atoms with Crippen molar-refractivity contribution < 1.29 is 5.11 Å². The van der Waals surface area contributed by atoms with E-state index in [1.165, 1.54) is 11.1 Å². The average molecular weight is 201 g/mol. The van der Waals surface area contributed by atoms with E-state index in [1.807, 2.05) is 12.2 Å². The van der Waals surface area contributed by atoms with E-state index >= 15 is 0 Å². The second kappa shape index (κ2) is 4.46. The summed E-state index contributed by atoms with van der Waals surface area (Å²) in [7, 11) is 0. The van der Waals surface area contributed by atoms with E-state index in [0.717, 1.165) is 31.3 Å². The molecule has 78 valence electrons. The van der Waals surface area contributed by atoms with Crippen LogP contribution in [-0.4, -0.2) is 11.7 Å². The van der Waals surface area contributed by atoms with Crippen molar-refractivity contribution in [2.24, 2.45) is 5.92 Å². The van der Waals surface area contributed by atoms with Gasteiger partial charge in [-0.25, -0.2) is 0 Å². The highest BCUT2D eigenvalue weighted by atomic mass is 16.3. The number of aliphatic hydroxyl groups excluding tert-OH is 1. The van der Waals surface area contributed by atoms with Gasteiger partial charge in [0.05, 0.1) is 6.07 Å². The van der Waals surface area contributed by atoms with Gasteiger partial charge in [0.2, 0.25) is 0 Å². The standard InChI is InChI=1S/C13H15NO/c14-8-10-1-4-12-5-3-11(9-15)7-13(12)6-2-10/h1-2,4,11,15H,3,5-7,9H2. The molecule has 1 N–H and O–H groups in total. The lowest BCUT2D eigenvalue weighted by Gasteiger charge is -2.23. The van der Waals surface area contributed by atoms with Crippen LogP contribution in [-0.2, 0) is 0 Å². The topological polar surface area (TPSA) is 44.0 Å². The molecule has 2 nitrogen and oxygen atoms in total. The van der Waals surface area contributed by atoms with Gasteiger partial charge in [-0.1, -0.05) is 17.7 Å². The van der Waals surface area contributed by atoms with E-state index in [4.69, 9.17) is 10.4 Å². The first kappa shape index (κ1) is 10.2. The molecule has 1 unspecified atom stereocenters. The molecule has 2 aliphatic carbocycles. The van der Waals surface area contributed by atoms with E-state index in [9.17, 15) is 0 Å². The van der Waals surface area contributed by atoms with Crippen molar-refractivity contribution in [2.45, 2.75) is 25.7 Å². The van der Waals surface area contributed by atoms with Gasteiger partial charge in [-0.3, -0.25) is 0 Å². The summed E-state index contributed by atoms with van der Waals surface area (Å²) in [6.45, 7) is 0.287. The molecule has 0 spiro atoms. The van der Waals surface area contributed by atoms with E-state index in [0.29, 0.717) is 5.92 Å². The largest absolute Gasteiger partial charge is 0.396 e. The molecule has 0 aromatic rings. The fraction of sp³-hybridized carbons (Fsp3) is 0.462. The number of hydrogen-bond donors (Lipinski definition) is 1. The lowest BCUT2D eigenvalue weighted by molar-refractivity contribution is 0.213. The highest BCUT2D eigenvalue weighted by molar-refractivity contribution is 5.43. The minimum atomic E-state index is 0.287. The highest BCUT2D eigenvalue weighted by Crippen LogP contribution is 2.33. The quantitative estimate of drug-likeness (QED) is 0.708. The van der Waals surface area contributed by atoms with Crippen molar-refractivity contribution in [2.75, 3.05) is 6.61 Å². The summed E-state index contributed by atoms with van der Waals surface area (Å²) in [5.41, 5.74) is 3.54. The fourth-order valence-electron chi connectivity index (χ4n) is 2.26. The smallest absolute Gasteiger partial charge is 0.0988 e. The zero-order chi connectivity index (χ0) is 10.7. The first-order valence-electron chi connectivity index (χ1n) is 5.43. The molecular weight excluding hydrogens is 186 g/mol. The number of aliphatic hydroxyl groups is 1. The molecule has 15 heavy (non-hydrogen) atoms. The summed E-state index contributed by atoms with van der Waals surface area (Å²) >= 11 is 0. The van der Waals surface area contributed by atoms with Crippen LogP contribution in [0.3, 0.4) is 0 Å². The molecule has 2 aliphatic rings.